The van der Waals surface area contributed by atoms with Crippen LogP contribution in [0.5, 0.6) is 11.5 Å². The van der Waals surface area contributed by atoms with Crippen molar-refractivity contribution in [2.75, 3.05) is 20.8 Å². The van der Waals surface area contributed by atoms with Crippen LogP contribution in [0.15, 0.2) is 16.6 Å². The molecule has 0 spiro atoms. The summed E-state index contributed by atoms with van der Waals surface area (Å²) in [6, 6.07) is 4.14. The van der Waals surface area contributed by atoms with Crippen LogP contribution in [0.2, 0.25) is 0 Å². The molecule has 1 aromatic carbocycles. The average Bonchev–Trinajstić information content (AvgIpc) is 2.46. The average molecular weight is 356 g/mol. The normalized spacial score (nSPS) is 22.1. The number of hydrogen-bond acceptors (Lipinski definition) is 3. The fraction of sp³-hybridized carbons (Fsp3) is 0.647. The molecule has 1 saturated carbocycles. The molecule has 1 aliphatic rings. The van der Waals surface area contributed by atoms with E-state index in [1.54, 1.807) is 14.2 Å². The number of nitrogens with one attached hydrogen (secondary N) is 1. The van der Waals surface area contributed by atoms with Gasteiger partial charge in [-0.2, -0.15) is 0 Å². The van der Waals surface area contributed by atoms with Crippen LogP contribution in [0.3, 0.4) is 0 Å². The molecule has 0 bridgehead atoms. The Morgan fingerprint density at radius 2 is 2.05 bits per heavy atom. The van der Waals surface area contributed by atoms with E-state index < -0.39 is 0 Å². The van der Waals surface area contributed by atoms with Gasteiger partial charge >= 0.3 is 0 Å². The first-order chi connectivity index (χ1) is 10.1. The molecule has 118 valence electrons. The van der Waals surface area contributed by atoms with E-state index >= 15 is 0 Å². The number of hydrogen-bond donors (Lipinski definition) is 1. The number of rotatable bonds is 6. The van der Waals surface area contributed by atoms with Crippen LogP contribution in [0.25, 0.3) is 0 Å². The van der Waals surface area contributed by atoms with Crippen molar-refractivity contribution in [1.82, 2.24) is 5.32 Å². The third kappa shape index (κ3) is 4.62. The molecular weight excluding hydrogens is 330 g/mol. The Kier molecular flexibility index (Phi) is 6.37. The number of methoxy groups -OCH3 is 2. The van der Waals surface area contributed by atoms with Gasteiger partial charge < -0.3 is 14.8 Å². The second-order valence-electron chi connectivity index (χ2n) is 6.08. The molecule has 1 aromatic rings. The molecule has 21 heavy (non-hydrogen) atoms. The van der Waals surface area contributed by atoms with Gasteiger partial charge in [-0.05, 0) is 64.8 Å². The van der Waals surface area contributed by atoms with E-state index in [0.29, 0.717) is 0 Å². The summed E-state index contributed by atoms with van der Waals surface area (Å²) >= 11 is 3.54. The summed E-state index contributed by atoms with van der Waals surface area (Å²) in [6.45, 7) is 4.34. The summed E-state index contributed by atoms with van der Waals surface area (Å²) in [5, 5.41) is 3.59. The van der Waals surface area contributed by atoms with E-state index in [4.69, 9.17) is 9.47 Å². The molecule has 0 saturated heterocycles. The smallest absolute Gasteiger partial charge is 0.174 e. The molecule has 1 N–H and O–H groups in total. The van der Waals surface area contributed by atoms with Gasteiger partial charge in [0.15, 0.2) is 11.5 Å². The summed E-state index contributed by atoms with van der Waals surface area (Å²) in [4.78, 5) is 0. The first kappa shape index (κ1) is 16.6. The van der Waals surface area contributed by atoms with E-state index in [1.807, 2.05) is 6.07 Å². The van der Waals surface area contributed by atoms with Crippen LogP contribution < -0.4 is 14.8 Å². The zero-order valence-corrected chi connectivity index (χ0v) is 14.8. The molecule has 1 aliphatic carbocycles. The molecule has 2 atom stereocenters. The minimum absolute atomic E-state index is 0.752. The first-order valence-electron chi connectivity index (χ1n) is 7.75. The predicted octanol–water partition coefficient (Wildman–Crippen LogP) is 4.38. The molecule has 3 nitrogen and oxygen atoms in total. The highest BCUT2D eigenvalue weighted by Crippen LogP contribution is 2.36. The zero-order chi connectivity index (χ0) is 15.2. The van der Waals surface area contributed by atoms with E-state index in [9.17, 15) is 0 Å². The lowest BCUT2D eigenvalue weighted by atomic mass is 9.82. The van der Waals surface area contributed by atoms with Crippen molar-refractivity contribution in [1.29, 1.82) is 0 Å². The second kappa shape index (κ2) is 8.04. The molecule has 0 radical (unpaired) electrons. The molecule has 0 aliphatic heterocycles. The Morgan fingerprint density at radius 3 is 2.71 bits per heavy atom. The Morgan fingerprint density at radius 1 is 1.24 bits per heavy atom. The molecule has 2 unspecified atom stereocenters. The van der Waals surface area contributed by atoms with Gasteiger partial charge in [-0.15, -0.1) is 0 Å². The van der Waals surface area contributed by atoms with Crippen LogP contribution >= 0.6 is 15.9 Å². The third-order valence-corrected chi connectivity index (χ3v) is 4.89. The predicted molar refractivity (Wildman–Crippen MR) is 90.1 cm³/mol. The van der Waals surface area contributed by atoms with E-state index in [2.05, 4.69) is 34.2 Å². The van der Waals surface area contributed by atoms with Crippen molar-refractivity contribution in [3.05, 3.63) is 22.2 Å². The minimum atomic E-state index is 0.752. The molecule has 2 rings (SSSR count). The van der Waals surface area contributed by atoms with Crippen molar-refractivity contribution >= 4 is 15.9 Å². The Labute approximate surface area is 136 Å². The number of benzene rings is 1. The second-order valence-corrected chi connectivity index (χ2v) is 6.94. The van der Waals surface area contributed by atoms with Gasteiger partial charge in [0.1, 0.15) is 0 Å². The minimum Gasteiger partial charge on any atom is -0.493 e. The van der Waals surface area contributed by atoms with Gasteiger partial charge in [0.2, 0.25) is 0 Å². The standard InChI is InChI=1S/C17H26BrNO2/c1-12-5-4-6-13(7-12)10-19-11-14-8-15(18)17(21-3)16(9-14)20-2/h8-9,12-13,19H,4-7,10-11H2,1-3H3. The first-order valence-corrected chi connectivity index (χ1v) is 8.54. The highest BCUT2D eigenvalue weighted by Gasteiger charge is 2.18. The number of ether oxygens (including phenoxy) is 2. The van der Waals surface area contributed by atoms with Crippen molar-refractivity contribution in [2.45, 2.75) is 39.2 Å². The van der Waals surface area contributed by atoms with Gasteiger partial charge in [0.05, 0.1) is 18.7 Å². The van der Waals surface area contributed by atoms with Crippen molar-refractivity contribution in [3.8, 4) is 11.5 Å². The lowest BCUT2D eigenvalue weighted by Crippen LogP contribution is -2.26. The Balaban J connectivity index is 1.89. The summed E-state index contributed by atoms with van der Waals surface area (Å²) < 4.78 is 11.7. The molecule has 0 heterocycles. The van der Waals surface area contributed by atoms with Crippen LogP contribution in [-0.4, -0.2) is 20.8 Å². The molecular formula is C17H26BrNO2. The maximum atomic E-state index is 5.39. The van der Waals surface area contributed by atoms with Gasteiger partial charge in [-0.1, -0.05) is 19.8 Å². The molecule has 1 fully saturated rings. The fourth-order valence-electron chi connectivity index (χ4n) is 3.24. The lowest BCUT2D eigenvalue weighted by molar-refractivity contribution is 0.274. The summed E-state index contributed by atoms with van der Waals surface area (Å²) in [6.07, 6.45) is 5.52. The molecule has 4 heteroatoms. The van der Waals surface area contributed by atoms with Gasteiger partial charge in [-0.25, -0.2) is 0 Å². The summed E-state index contributed by atoms with van der Waals surface area (Å²) in [5.41, 5.74) is 1.21. The van der Waals surface area contributed by atoms with Crippen molar-refractivity contribution in [3.63, 3.8) is 0 Å². The Hall–Kier alpha value is -0.740. The molecule has 0 aromatic heterocycles. The van der Waals surface area contributed by atoms with Crippen LogP contribution in [-0.2, 0) is 6.54 Å². The van der Waals surface area contributed by atoms with Crippen molar-refractivity contribution < 1.29 is 9.47 Å². The summed E-state index contributed by atoms with van der Waals surface area (Å²) in [7, 11) is 3.33. The third-order valence-electron chi connectivity index (χ3n) is 4.30. The van der Waals surface area contributed by atoms with Gasteiger partial charge in [0, 0.05) is 6.54 Å². The van der Waals surface area contributed by atoms with Gasteiger partial charge in [0.25, 0.3) is 0 Å². The van der Waals surface area contributed by atoms with Crippen LogP contribution in [0, 0.1) is 11.8 Å². The summed E-state index contributed by atoms with van der Waals surface area (Å²) in [5.74, 6) is 3.25. The Bertz CT molecular complexity index is 464. The zero-order valence-electron chi connectivity index (χ0n) is 13.2. The van der Waals surface area contributed by atoms with Crippen LogP contribution in [0.4, 0.5) is 0 Å². The maximum Gasteiger partial charge on any atom is 0.174 e. The SMILES string of the molecule is COc1cc(CNCC2CCCC(C)C2)cc(Br)c1OC. The highest BCUT2D eigenvalue weighted by molar-refractivity contribution is 9.10. The van der Waals surface area contributed by atoms with E-state index in [1.165, 1.54) is 31.2 Å². The quantitative estimate of drug-likeness (QED) is 0.820. The van der Waals surface area contributed by atoms with E-state index in [0.717, 1.165) is 40.9 Å². The lowest BCUT2D eigenvalue weighted by Gasteiger charge is -2.26. The number of halogens is 1. The van der Waals surface area contributed by atoms with Crippen molar-refractivity contribution in [2.24, 2.45) is 11.8 Å². The molecule has 0 amide bonds. The van der Waals surface area contributed by atoms with Crippen LogP contribution in [0.1, 0.15) is 38.2 Å². The fourth-order valence-corrected chi connectivity index (χ4v) is 3.89. The highest BCUT2D eigenvalue weighted by atomic mass is 79.9. The maximum absolute atomic E-state index is 5.39. The van der Waals surface area contributed by atoms with Gasteiger partial charge in [-0.3, -0.25) is 0 Å². The van der Waals surface area contributed by atoms with E-state index in [-0.39, 0.29) is 0 Å². The topological polar surface area (TPSA) is 30.5 Å². The largest absolute Gasteiger partial charge is 0.493 e. The monoisotopic (exact) mass is 355 g/mol.